The van der Waals surface area contributed by atoms with Crippen LogP contribution in [0.1, 0.15) is 11.1 Å². The SMILES string of the molecule is CN(C)c1ccc(/C=C2/SC(=Nc3ccccc3)N(Cc3ccccc3)C2=O)cc1. The Morgan fingerprint density at radius 3 is 2.17 bits per heavy atom. The summed E-state index contributed by atoms with van der Waals surface area (Å²) in [5.41, 5.74) is 4.03. The highest BCUT2D eigenvalue weighted by atomic mass is 32.2. The second-order valence-electron chi connectivity index (χ2n) is 7.20. The summed E-state index contributed by atoms with van der Waals surface area (Å²) in [6, 6.07) is 27.9. The number of hydrogen-bond donors (Lipinski definition) is 0. The zero-order valence-electron chi connectivity index (χ0n) is 17.0. The number of benzene rings is 3. The molecular weight excluding hydrogens is 390 g/mol. The summed E-state index contributed by atoms with van der Waals surface area (Å²) >= 11 is 1.42. The lowest BCUT2D eigenvalue weighted by Crippen LogP contribution is -2.28. The minimum absolute atomic E-state index is 0.0183. The van der Waals surface area contributed by atoms with Crippen LogP contribution in [0.25, 0.3) is 6.08 Å². The van der Waals surface area contributed by atoms with Gasteiger partial charge in [0.2, 0.25) is 0 Å². The van der Waals surface area contributed by atoms with E-state index in [1.807, 2.05) is 93.0 Å². The molecule has 3 aromatic rings. The largest absolute Gasteiger partial charge is 0.378 e. The van der Waals surface area contributed by atoms with E-state index in [0.717, 1.165) is 22.5 Å². The first kappa shape index (κ1) is 20.0. The summed E-state index contributed by atoms with van der Waals surface area (Å²) in [5, 5.41) is 0.700. The van der Waals surface area contributed by atoms with E-state index in [0.29, 0.717) is 16.6 Å². The standard InChI is InChI=1S/C25H23N3OS/c1-27(2)22-15-13-19(14-16-22)17-23-24(29)28(18-20-9-5-3-6-10-20)25(30-23)26-21-11-7-4-8-12-21/h3-17H,18H2,1-2H3/b23-17+,26-25?. The molecule has 0 atom stereocenters. The number of aliphatic imine (C=N–C) groups is 1. The molecule has 1 saturated heterocycles. The fraction of sp³-hybridized carbons (Fsp3) is 0.120. The lowest BCUT2D eigenvalue weighted by atomic mass is 10.1. The Labute approximate surface area is 181 Å². The molecule has 4 rings (SSSR count). The van der Waals surface area contributed by atoms with Crippen molar-refractivity contribution in [1.29, 1.82) is 0 Å². The first-order valence-corrected chi connectivity index (χ1v) is 10.6. The Hall–Kier alpha value is -3.31. The maximum atomic E-state index is 13.2. The van der Waals surface area contributed by atoms with Gasteiger partial charge in [0.15, 0.2) is 5.17 Å². The smallest absolute Gasteiger partial charge is 0.267 e. The number of amidine groups is 1. The van der Waals surface area contributed by atoms with Crippen molar-refractivity contribution >= 4 is 40.3 Å². The zero-order valence-corrected chi connectivity index (χ0v) is 17.8. The van der Waals surface area contributed by atoms with E-state index in [1.54, 1.807) is 4.90 Å². The molecule has 0 unspecified atom stereocenters. The predicted molar refractivity (Wildman–Crippen MR) is 127 cm³/mol. The zero-order chi connectivity index (χ0) is 20.9. The van der Waals surface area contributed by atoms with Crippen LogP contribution in [0, 0.1) is 0 Å². The number of amides is 1. The van der Waals surface area contributed by atoms with E-state index in [4.69, 9.17) is 4.99 Å². The van der Waals surface area contributed by atoms with E-state index < -0.39 is 0 Å². The van der Waals surface area contributed by atoms with Crippen LogP contribution in [0.4, 0.5) is 11.4 Å². The minimum Gasteiger partial charge on any atom is -0.378 e. The van der Waals surface area contributed by atoms with Crippen molar-refractivity contribution in [3.8, 4) is 0 Å². The number of nitrogens with zero attached hydrogens (tertiary/aromatic N) is 3. The van der Waals surface area contributed by atoms with Gasteiger partial charge in [-0.2, -0.15) is 0 Å². The second kappa shape index (κ2) is 9.01. The first-order valence-electron chi connectivity index (χ1n) is 9.76. The van der Waals surface area contributed by atoms with Gasteiger partial charge in [-0.1, -0.05) is 60.7 Å². The van der Waals surface area contributed by atoms with Crippen molar-refractivity contribution in [2.75, 3.05) is 19.0 Å². The molecule has 4 nitrogen and oxygen atoms in total. The number of rotatable bonds is 5. The summed E-state index contributed by atoms with van der Waals surface area (Å²) in [4.78, 5) is 22.5. The fourth-order valence-corrected chi connectivity index (χ4v) is 4.13. The molecule has 1 amide bonds. The third-order valence-corrected chi connectivity index (χ3v) is 5.77. The Balaban J connectivity index is 1.66. The van der Waals surface area contributed by atoms with Gasteiger partial charge in [0.05, 0.1) is 17.1 Å². The molecule has 1 heterocycles. The highest BCUT2D eigenvalue weighted by molar-refractivity contribution is 8.18. The minimum atomic E-state index is -0.0183. The summed E-state index contributed by atoms with van der Waals surface area (Å²) in [6.45, 7) is 0.495. The van der Waals surface area contributed by atoms with Gasteiger partial charge in [-0.3, -0.25) is 9.69 Å². The average Bonchev–Trinajstić information content (AvgIpc) is 3.04. The van der Waals surface area contributed by atoms with Gasteiger partial charge in [0.1, 0.15) is 0 Å². The summed E-state index contributed by atoms with van der Waals surface area (Å²) < 4.78 is 0. The molecule has 0 bridgehead atoms. The predicted octanol–water partition coefficient (Wildman–Crippen LogP) is 5.56. The van der Waals surface area contributed by atoms with Crippen molar-refractivity contribution in [2.45, 2.75) is 6.54 Å². The Morgan fingerprint density at radius 1 is 0.900 bits per heavy atom. The van der Waals surface area contributed by atoms with Crippen molar-refractivity contribution in [3.63, 3.8) is 0 Å². The van der Waals surface area contributed by atoms with Crippen LogP contribution in [0.3, 0.4) is 0 Å². The maximum absolute atomic E-state index is 13.2. The monoisotopic (exact) mass is 413 g/mol. The lowest BCUT2D eigenvalue weighted by molar-refractivity contribution is -0.122. The van der Waals surface area contributed by atoms with E-state index in [1.165, 1.54) is 11.8 Å². The molecule has 3 aromatic carbocycles. The molecule has 0 saturated carbocycles. The molecule has 0 N–H and O–H groups in total. The second-order valence-corrected chi connectivity index (χ2v) is 8.21. The highest BCUT2D eigenvalue weighted by Gasteiger charge is 2.33. The van der Waals surface area contributed by atoms with Crippen LogP contribution < -0.4 is 4.90 Å². The van der Waals surface area contributed by atoms with Gasteiger partial charge in [-0.15, -0.1) is 0 Å². The number of hydrogen-bond acceptors (Lipinski definition) is 4. The molecule has 0 radical (unpaired) electrons. The van der Waals surface area contributed by atoms with Crippen molar-refractivity contribution < 1.29 is 4.79 Å². The molecule has 1 aliphatic rings. The van der Waals surface area contributed by atoms with Gasteiger partial charge in [-0.05, 0) is 53.2 Å². The normalized spacial score (nSPS) is 16.5. The van der Waals surface area contributed by atoms with Gasteiger partial charge in [0.25, 0.3) is 5.91 Å². The van der Waals surface area contributed by atoms with Gasteiger partial charge in [0, 0.05) is 19.8 Å². The number of anilines is 1. The lowest BCUT2D eigenvalue weighted by Gasteiger charge is -2.15. The van der Waals surface area contributed by atoms with Crippen LogP contribution in [0.5, 0.6) is 0 Å². The van der Waals surface area contributed by atoms with Gasteiger partial charge in [-0.25, -0.2) is 4.99 Å². The number of para-hydroxylation sites is 1. The fourth-order valence-electron chi connectivity index (χ4n) is 3.13. The van der Waals surface area contributed by atoms with Crippen molar-refractivity contribution in [3.05, 3.63) is 101 Å². The molecule has 0 aromatic heterocycles. The molecule has 150 valence electrons. The van der Waals surface area contributed by atoms with E-state index >= 15 is 0 Å². The molecule has 1 fully saturated rings. The van der Waals surface area contributed by atoms with Crippen LogP contribution in [0.15, 0.2) is 94.8 Å². The quantitative estimate of drug-likeness (QED) is 0.514. The molecular formula is C25H23N3OS. The van der Waals surface area contributed by atoms with Crippen molar-refractivity contribution in [1.82, 2.24) is 4.90 Å². The number of thioether (sulfide) groups is 1. The third kappa shape index (κ3) is 4.63. The summed E-state index contributed by atoms with van der Waals surface area (Å²) in [7, 11) is 4.02. The maximum Gasteiger partial charge on any atom is 0.267 e. The molecule has 5 heteroatoms. The summed E-state index contributed by atoms with van der Waals surface area (Å²) in [5.74, 6) is -0.0183. The van der Waals surface area contributed by atoms with Gasteiger partial charge >= 0.3 is 0 Å². The third-order valence-electron chi connectivity index (χ3n) is 4.76. The number of carbonyl (C=O) groups excluding carboxylic acids is 1. The first-order chi connectivity index (χ1) is 14.6. The van der Waals surface area contributed by atoms with Crippen molar-refractivity contribution in [2.24, 2.45) is 4.99 Å². The van der Waals surface area contributed by atoms with E-state index in [-0.39, 0.29) is 5.91 Å². The summed E-state index contributed by atoms with van der Waals surface area (Å²) in [6.07, 6.45) is 1.94. The average molecular weight is 414 g/mol. The topological polar surface area (TPSA) is 35.9 Å². The molecule has 30 heavy (non-hydrogen) atoms. The van der Waals surface area contributed by atoms with Crippen LogP contribution in [-0.4, -0.2) is 30.1 Å². The van der Waals surface area contributed by atoms with Crippen LogP contribution >= 0.6 is 11.8 Å². The Kier molecular flexibility index (Phi) is 6.00. The Bertz CT molecular complexity index is 1070. The molecule has 0 spiro atoms. The highest BCUT2D eigenvalue weighted by Crippen LogP contribution is 2.35. The Morgan fingerprint density at radius 2 is 1.53 bits per heavy atom. The van der Waals surface area contributed by atoms with E-state index in [2.05, 4.69) is 17.0 Å². The van der Waals surface area contributed by atoms with Crippen LogP contribution in [0.2, 0.25) is 0 Å². The van der Waals surface area contributed by atoms with Gasteiger partial charge < -0.3 is 4.90 Å². The van der Waals surface area contributed by atoms with E-state index in [9.17, 15) is 4.79 Å². The number of carbonyl (C=O) groups is 1. The molecule has 0 aliphatic carbocycles. The van der Waals surface area contributed by atoms with Crippen LogP contribution in [-0.2, 0) is 11.3 Å². The molecule has 1 aliphatic heterocycles.